The number of imidazole rings is 1. The number of aromatic nitrogens is 4. The highest BCUT2D eigenvalue weighted by Gasteiger charge is 2.47. The second-order valence-corrected chi connectivity index (χ2v) is 12.8. The standard InChI is InChI=1S/C32H37N7O3/c1-18(40)36-13-20(14-36)16-39-29-24(10-23(12-27(29)42-2)32(41)38-17-22-7-8-25(38)28(22)33)35-31(39)26-11-21-4-3-9-34-30(21)37(26)15-19-5-6-19/h3-4,9-12,19-20,22,25,28H,5-8,13-17,33H2,1-2H3/t22?,25?,28-/m1/s1. The molecule has 2 aliphatic carbocycles. The number of likely N-dealkylation sites (tertiary alicyclic amines) is 2. The molecular formula is C32H37N7O3. The maximum atomic E-state index is 13.8. The topological polar surface area (TPSA) is 112 Å². The van der Waals surface area contributed by atoms with Crippen LogP contribution >= 0.6 is 0 Å². The van der Waals surface area contributed by atoms with Gasteiger partial charge in [-0.2, -0.15) is 0 Å². The summed E-state index contributed by atoms with van der Waals surface area (Å²) in [6.07, 6.45) is 6.37. The van der Waals surface area contributed by atoms with E-state index in [0.29, 0.717) is 42.2 Å². The van der Waals surface area contributed by atoms with Gasteiger partial charge in [-0.05, 0) is 67.9 Å². The van der Waals surface area contributed by atoms with Gasteiger partial charge < -0.3 is 29.4 Å². The number of carbonyl (C=O) groups is 2. The van der Waals surface area contributed by atoms with E-state index in [2.05, 4.69) is 21.3 Å². The Kier molecular flexibility index (Phi) is 5.86. The van der Waals surface area contributed by atoms with Crippen LogP contribution in [-0.4, -0.2) is 79.5 Å². The van der Waals surface area contributed by atoms with E-state index >= 15 is 0 Å². The van der Waals surface area contributed by atoms with Crippen LogP contribution in [0, 0.1) is 17.8 Å². The number of ether oxygens (including phenoxy) is 1. The zero-order valence-corrected chi connectivity index (χ0v) is 24.2. The van der Waals surface area contributed by atoms with E-state index in [9.17, 15) is 9.59 Å². The largest absolute Gasteiger partial charge is 0.494 e. The summed E-state index contributed by atoms with van der Waals surface area (Å²) in [6.45, 7) is 5.38. The minimum absolute atomic E-state index is 0.00269. The monoisotopic (exact) mass is 567 g/mol. The summed E-state index contributed by atoms with van der Waals surface area (Å²) in [5.41, 5.74) is 10.6. The van der Waals surface area contributed by atoms with Gasteiger partial charge >= 0.3 is 0 Å². The molecule has 2 N–H and O–H groups in total. The quantitative estimate of drug-likeness (QED) is 0.366. The van der Waals surface area contributed by atoms with Crippen molar-refractivity contribution in [2.45, 2.75) is 57.8 Å². The Labute approximate surface area is 244 Å². The summed E-state index contributed by atoms with van der Waals surface area (Å²) in [4.78, 5) is 39.6. The number of hydrogen-bond donors (Lipinski definition) is 1. The molecule has 2 saturated carbocycles. The van der Waals surface area contributed by atoms with Crippen LogP contribution in [0.3, 0.4) is 0 Å². The first kappa shape index (κ1) is 25.8. The fourth-order valence-corrected chi connectivity index (χ4v) is 7.55. The molecule has 3 aromatic heterocycles. The predicted molar refractivity (Wildman–Crippen MR) is 159 cm³/mol. The van der Waals surface area contributed by atoms with E-state index < -0.39 is 0 Å². The summed E-state index contributed by atoms with van der Waals surface area (Å²) in [7, 11) is 1.66. The van der Waals surface area contributed by atoms with Crippen LogP contribution in [0.1, 0.15) is 43.0 Å². The molecule has 10 nitrogen and oxygen atoms in total. The van der Waals surface area contributed by atoms with Gasteiger partial charge in [0, 0.05) is 74.8 Å². The van der Waals surface area contributed by atoms with E-state index in [-0.39, 0.29) is 23.9 Å². The molecule has 4 aliphatic rings. The second-order valence-electron chi connectivity index (χ2n) is 12.8. The van der Waals surface area contributed by atoms with Crippen LogP contribution in [0.25, 0.3) is 33.6 Å². The summed E-state index contributed by atoms with van der Waals surface area (Å²) >= 11 is 0. The predicted octanol–water partition coefficient (Wildman–Crippen LogP) is 3.51. The lowest BCUT2D eigenvalue weighted by Gasteiger charge is -2.39. The number of pyridine rings is 1. The van der Waals surface area contributed by atoms with E-state index in [4.69, 9.17) is 20.4 Å². The molecule has 0 spiro atoms. The summed E-state index contributed by atoms with van der Waals surface area (Å²) in [5, 5.41) is 1.08. The molecule has 3 atom stereocenters. The fraction of sp³-hybridized carbons (Fsp3) is 0.500. The first-order valence-corrected chi connectivity index (χ1v) is 15.2. The SMILES string of the molecule is COc1cc(C(=O)N2CC3CCC2[C@@H]3N)cc2nc(-c3cc4cccnc4n3CC3CC3)n(CC3CN(C(C)=O)C3)c12. The van der Waals surface area contributed by atoms with Crippen molar-refractivity contribution in [3.05, 3.63) is 42.1 Å². The van der Waals surface area contributed by atoms with Crippen LogP contribution in [0.5, 0.6) is 5.75 Å². The minimum atomic E-state index is -0.00269. The number of nitrogens with zero attached hydrogens (tertiary/aromatic N) is 6. The zero-order valence-electron chi connectivity index (χ0n) is 24.2. The van der Waals surface area contributed by atoms with Crippen molar-refractivity contribution in [2.24, 2.45) is 23.5 Å². The maximum absolute atomic E-state index is 13.8. The highest BCUT2D eigenvalue weighted by Crippen LogP contribution is 2.41. The minimum Gasteiger partial charge on any atom is -0.494 e. The number of methoxy groups -OCH3 is 1. The van der Waals surface area contributed by atoms with E-state index in [1.54, 1.807) is 14.0 Å². The van der Waals surface area contributed by atoms with Crippen molar-refractivity contribution in [1.29, 1.82) is 0 Å². The number of benzene rings is 1. The van der Waals surface area contributed by atoms with Crippen LogP contribution in [0.2, 0.25) is 0 Å². The lowest BCUT2D eigenvalue weighted by Crippen LogP contribution is -2.50. The van der Waals surface area contributed by atoms with Gasteiger partial charge in [-0.15, -0.1) is 0 Å². The van der Waals surface area contributed by atoms with Crippen molar-refractivity contribution < 1.29 is 14.3 Å². The molecule has 218 valence electrons. The summed E-state index contributed by atoms with van der Waals surface area (Å²) < 4.78 is 10.5. The molecule has 42 heavy (non-hydrogen) atoms. The fourth-order valence-electron chi connectivity index (χ4n) is 7.55. The van der Waals surface area contributed by atoms with Crippen LogP contribution in [0.4, 0.5) is 0 Å². The van der Waals surface area contributed by atoms with Crippen LogP contribution in [-0.2, 0) is 17.9 Å². The van der Waals surface area contributed by atoms with E-state index in [1.807, 2.05) is 34.2 Å². The zero-order chi connectivity index (χ0) is 28.7. The molecular weight excluding hydrogens is 530 g/mol. The van der Waals surface area contributed by atoms with Gasteiger partial charge in [-0.25, -0.2) is 9.97 Å². The van der Waals surface area contributed by atoms with Gasteiger partial charge in [0.15, 0.2) is 5.82 Å². The molecule has 5 heterocycles. The van der Waals surface area contributed by atoms with Gasteiger partial charge in [0.2, 0.25) is 5.91 Å². The lowest BCUT2D eigenvalue weighted by atomic mass is 10.00. The van der Waals surface area contributed by atoms with Gasteiger partial charge in [0.05, 0.1) is 18.3 Å². The first-order chi connectivity index (χ1) is 20.4. The Morgan fingerprint density at radius 3 is 2.52 bits per heavy atom. The van der Waals surface area contributed by atoms with E-state index in [0.717, 1.165) is 66.1 Å². The summed E-state index contributed by atoms with van der Waals surface area (Å²) in [5.74, 6) is 2.91. The third kappa shape index (κ3) is 4.02. The Morgan fingerprint density at radius 1 is 1.02 bits per heavy atom. The first-order valence-electron chi connectivity index (χ1n) is 15.2. The molecule has 2 saturated heterocycles. The van der Waals surface area contributed by atoms with Crippen LogP contribution in [0.15, 0.2) is 36.5 Å². The second kappa shape index (κ2) is 9.55. The highest BCUT2D eigenvalue weighted by atomic mass is 16.5. The van der Waals surface area contributed by atoms with Crippen molar-refractivity contribution in [3.63, 3.8) is 0 Å². The maximum Gasteiger partial charge on any atom is 0.254 e. The molecule has 4 fully saturated rings. The molecule has 10 heteroatoms. The van der Waals surface area contributed by atoms with Crippen molar-refractivity contribution in [1.82, 2.24) is 28.9 Å². The van der Waals surface area contributed by atoms with Crippen molar-refractivity contribution in [2.75, 3.05) is 26.7 Å². The number of carbonyl (C=O) groups excluding carboxylic acids is 2. The number of piperidine rings is 1. The molecule has 2 bridgehead atoms. The number of rotatable bonds is 7. The Morgan fingerprint density at radius 2 is 1.83 bits per heavy atom. The molecule has 1 aromatic carbocycles. The third-order valence-corrected chi connectivity index (χ3v) is 10.1. The van der Waals surface area contributed by atoms with Gasteiger partial charge in [0.25, 0.3) is 5.91 Å². The average molecular weight is 568 g/mol. The molecule has 0 radical (unpaired) electrons. The molecule has 2 unspecified atom stereocenters. The highest BCUT2D eigenvalue weighted by molar-refractivity contribution is 6.00. The third-order valence-electron chi connectivity index (χ3n) is 10.1. The lowest BCUT2D eigenvalue weighted by molar-refractivity contribution is -0.135. The van der Waals surface area contributed by atoms with Gasteiger partial charge in [0.1, 0.15) is 16.9 Å². The Balaban J connectivity index is 1.26. The van der Waals surface area contributed by atoms with Gasteiger partial charge in [-0.1, -0.05) is 0 Å². The van der Waals surface area contributed by atoms with E-state index in [1.165, 1.54) is 12.8 Å². The number of amides is 2. The normalized spacial score (nSPS) is 23.7. The summed E-state index contributed by atoms with van der Waals surface area (Å²) in [6, 6.07) is 10.2. The molecule has 2 amide bonds. The molecule has 2 aliphatic heterocycles. The Hall–Kier alpha value is -3.92. The molecule has 8 rings (SSSR count). The average Bonchev–Trinajstić information content (AvgIpc) is 3.32. The smallest absolute Gasteiger partial charge is 0.254 e. The molecule has 4 aromatic rings. The van der Waals surface area contributed by atoms with Crippen molar-refractivity contribution in [3.8, 4) is 17.3 Å². The number of hydrogen-bond acceptors (Lipinski definition) is 6. The Bertz CT molecular complexity index is 1730. The van der Waals surface area contributed by atoms with Crippen molar-refractivity contribution >= 4 is 33.9 Å². The number of nitrogens with two attached hydrogens (primary N) is 1. The number of fused-ring (bicyclic) bond motifs is 4. The van der Waals surface area contributed by atoms with Crippen LogP contribution < -0.4 is 10.5 Å². The van der Waals surface area contributed by atoms with Gasteiger partial charge in [-0.3, -0.25) is 9.59 Å².